The molecule has 4 heterocycles. The van der Waals surface area contributed by atoms with Crippen molar-refractivity contribution in [3.05, 3.63) is 123 Å². The number of piperidine rings is 1. The number of hydrogen-bond acceptors (Lipinski definition) is 6. The molecule has 0 saturated carbocycles. The third kappa shape index (κ3) is 5.87. The van der Waals surface area contributed by atoms with E-state index in [2.05, 4.69) is 36.3 Å². The Bertz CT molecular complexity index is 2220. The molecule has 236 valence electrons. The van der Waals surface area contributed by atoms with E-state index in [9.17, 15) is 18.8 Å². The van der Waals surface area contributed by atoms with E-state index in [0.717, 1.165) is 22.9 Å². The molecule has 0 radical (unpaired) electrons. The summed E-state index contributed by atoms with van der Waals surface area (Å²) in [7, 11) is 1.40. The monoisotopic (exact) mass is 694 g/mol. The summed E-state index contributed by atoms with van der Waals surface area (Å²) in [6.45, 7) is 1.06. The number of fused-ring (bicyclic) bond motifs is 2. The molecule has 2 N–H and O–H groups in total. The maximum Gasteiger partial charge on any atom is 0.259 e. The molecule has 47 heavy (non-hydrogen) atoms. The molecule has 7 rings (SSSR count). The normalized spacial score (nSPS) is 13.6. The van der Waals surface area contributed by atoms with Crippen molar-refractivity contribution in [2.24, 2.45) is 0 Å². The maximum absolute atomic E-state index is 14.5. The van der Waals surface area contributed by atoms with Gasteiger partial charge in [0.15, 0.2) is 17.2 Å². The summed E-state index contributed by atoms with van der Waals surface area (Å²) in [6, 6.07) is 19.3. The Hall–Kier alpha value is -5.36. The number of carbonyl (C=O) groups is 2. The lowest BCUT2D eigenvalue weighted by Crippen LogP contribution is -2.39. The first-order valence-electron chi connectivity index (χ1n) is 15.0. The van der Waals surface area contributed by atoms with Gasteiger partial charge in [-0.25, -0.2) is 13.9 Å². The SMILES string of the molecule is COc1ccc(-c2cc(C(=O)Nc3ccc(C4CCN(C(=O)c5c[nH]c6ccc(Br)cc6c5=O)CC4)cc3)cn3ncnc23)cc1F. The molecule has 10 nitrogen and oxygen atoms in total. The van der Waals surface area contributed by atoms with Crippen LogP contribution in [0.2, 0.25) is 0 Å². The zero-order chi connectivity index (χ0) is 32.7. The van der Waals surface area contributed by atoms with Gasteiger partial charge in [-0.05, 0) is 78.4 Å². The zero-order valence-corrected chi connectivity index (χ0v) is 26.8. The van der Waals surface area contributed by atoms with Gasteiger partial charge in [-0.2, -0.15) is 5.10 Å². The molecular formula is C35H28BrFN6O4. The third-order valence-corrected chi connectivity index (χ3v) is 9.09. The predicted octanol–water partition coefficient (Wildman–Crippen LogP) is 6.42. The van der Waals surface area contributed by atoms with Gasteiger partial charge in [-0.15, -0.1) is 0 Å². The second-order valence-electron chi connectivity index (χ2n) is 11.4. The van der Waals surface area contributed by atoms with Gasteiger partial charge in [0.1, 0.15) is 11.9 Å². The minimum absolute atomic E-state index is 0.119. The summed E-state index contributed by atoms with van der Waals surface area (Å²) in [5.74, 6) is -0.795. The second kappa shape index (κ2) is 12.4. The van der Waals surface area contributed by atoms with Gasteiger partial charge in [0.2, 0.25) is 5.43 Å². The lowest BCUT2D eigenvalue weighted by atomic mass is 9.89. The Morgan fingerprint density at radius 3 is 2.57 bits per heavy atom. The number of pyridine rings is 2. The number of aromatic amines is 1. The average Bonchev–Trinajstić information content (AvgIpc) is 3.57. The Balaban J connectivity index is 1.02. The van der Waals surface area contributed by atoms with E-state index in [1.165, 1.54) is 36.3 Å². The van der Waals surface area contributed by atoms with Crippen LogP contribution in [0.4, 0.5) is 10.1 Å². The van der Waals surface area contributed by atoms with Crippen LogP contribution in [0.1, 0.15) is 45.0 Å². The molecule has 3 aromatic heterocycles. The van der Waals surface area contributed by atoms with Gasteiger partial charge in [-0.1, -0.05) is 34.1 Å². The highest BCUT2D eigenvalue weighted by molar-refractivity contribution is 9.10. The van der Waals surface area contributed by atoms with E-state index in [4.69, 9.17) is 4.74 Å². The second-order valence-corrected chi connectivity index (χ2v) is 12.3. The number of aromatic nitrogens is 4. The highest BCUT2D eigenvalue weighted by Gasteiger charge is 2.26. The van der Waals surface area contributed by atoms with E-state index in [1.54, 1.807) is 35.4 Å². The quantitative estimate of drug-likeness (QED) is 0.208. The fourth-order valence-corrected chi connectivity index (χ4v) is 6.44. The molecule has 2 amide bonds. The summed E-state index contributed by atoms with van der Waals surface area (Å²) < 4.78 is 21.8. The van der Waals surface area contributed by atoms with Crippen LogP contribution in [0.25, 0.3) is 27.7 Å². The number of nitrogens with one attached hydrogen (secondary N) is 2. The number of ether oxygens (including phenoxy) is 1. The summed E-state index contributed by atoms with van der Waals surface area (Å²) in [6.07, 6.45) is 5.96. The first-order valence-corrected chi connectivity index (χ1v) is 15.8. The molecule has 0 atom stereocenters. The van der Waals surface area contributed by atoms with Gasteiger partial charge in [0, 0.05) is 52.1 Å². The highest BCUT2D eigenvalue weighted by atomic mass is 79.9. The first kappa shape index (κ1) is 30.3. The van der Waals surface area contributed by atoms with Crippen molar-refractivity contribution in [1.29, 1.82) is 0 Å². The van der Waals surface area contributed by atoms with E-state index < -0.39 is 5.82 Å². The van der Waals surface area contributed by atoms with Crippen LogP contribution < -0.4 is 15.5 Å². The Kier molecular flexibility index (Phi) is 8.02. The highest BCUT2D eigenvalue weighted by Crippen LogP contribution is 2.31. The van der Waals surface area contributed by atoms with Crippen molar-refractivity contribution in [2.75, 3.05) is 25.5 Å². The van der Waals surface area contributed by atoms with Crippen molar-refractivity contribution in [3.8, 4) is 16.9 Å². The number of likely N-dealkylation sites (tertiary alicyclic amines) is 1. The predicted molar refractivity (Wildman–Crippen MR) is 179 cm³/mol. The Labute approximate surface area is 276 Å². The van der Waals surface area contributed by atoms with Crippen molar-refractivity contribution in [1.82, 2.24) is 24.5 Å². The van der Waals surface area contributed by atoms with Crippen molar-refractivity contribution >= 4 is 50.0 Å². The lowest BCUT2D eigenvalue weighted by molar-refractivity contribution is 0.0711. The number of hydrogen-bond donors (Lipinski definition) is 2. The number of methoxy groups -OCH3 is 1. The molecule has 12 heteroatoms. The van der Waals surface area contributed by atoms with Gasteiger partial charge in [-0.3, -0.25) is 14.4 Å². The van der Waals surface area contributed by atoms with Crippen LogP contribution >= 0.6 is 15.9 Å². The van der Waals surface area contributed by atoms with Crippen molar-refractivity contribution in [2.45, 2.75) is 18.8 Å². The molecule has 0 unspecified atom stereocenters. The zero-order valence-electron chi connectivity index (χ0n) is 25.2. The standard InChI is InChI=1S/C35H28BrFN6O4/c1-47-31-9-4-22(15-29(31)37)26-14-23(18-43-33(26)39-19-40-43)34(45)41-25-6-2-20(3-7-25)21-10-12-42(13-11-21)35(46)28-17-38-30-8-5-24(36)16-27(30)32(28)44/h2-9,14-19,21H,10-13H2,1H3,(H,38,44)(H,41,45). The Morgan fingerprint density at radius 1 is 1.04 bits per heavy atom. The van der Waals surface area contributed by atoms with Crippen LogP contribution in [-0.2, 0) is 0 Å². The van der Waals surface area contributed by atoms with Crippen LogP contribution in [0, 0.1) is 5.82 Å². The lowest BCUT2D eigenvalue weighted by Gasteiger charge is -2.32. The maximum atomic E-state index is 14.5. The van der Waals surface area contributed by atoms with Crippen LogP contribution in [0.5, 0.6) is 5.75 Å². The molecule has 6 aromatic rings. The third-order valence-electron chi connectivity index (χ3n) is 8.60. The Morgan fingerprint density at radius 2 is 1.83 bits per heavy atom. The number of halogens is 2. The fourth-order valence-electron chi connectivity index (χ4n) is 6.07. The number of anilines is 1. The number of carbonyl (C=O) groups excluding carboxylic acids is 2. The summed E-state index contributed by atoms with van der Waals surface area (Å²) in [5.41, 5.74) is 4.16. The van der Waals surface area contributed by atoms with Gasteiger partial charge in [0.05, 0.1) is 12.7 Å². The number of H-pyrrole nitrogens is 1. The number of benzene rings is 3. The molecule has 0 spiro atoms. The minimum atomic E-state index is -0.524. The largest absolute Gasteiger partial charge is 0.494 e. The molecule has 3 aromatic carbocycles. The minimum Gasteiger partial charge on any atom is -0.494 e. The molecule has 1 aliphatic heterocycles. The summed E-state index contributed by atoms with van der Waals surface area (Å²) in [5, 5.41) is 7.59. The number of nitrogens with zero attached hydrogens (tertiary/aromatic N) is 4. The topological polar surface area (TPSA) is 122 Å². The van der Waals surface area contributed by atoms with Crippen molar-refractivity contribution in [3.63, 3.8) is 0 Å². The van der Waals surface area contributed by atoms with E-state index in [1.807, 2.05) is 30.3 Å². The summed E-state index contributed by atoms with van der Waals surface area (Å²) >= 11 is 3.40. The average molecular weight is 696 g/mol. The van der Waals surface area contributed by atoms with E-state index >= 15 is 0 Å². The fraction of sp³-hybridized carbons (Fsp3) is 0.171. The van der Waals surface area contributed by atoms with Gasteiger partial charge in [0.25, 0.3) is 11.8 Å². The van der Waals surface area contributed by atoms with Crippen LogP contribution in [-0.4, -0.2) is 56.5 Å². The molecular weight excluding hydrogens is 667 g/mol. The van der Waals surface area contributed by atoms with Crippen molar-refractivity contribution < 1.29 is 18.7 Å². The van der Waals surface area contributed by atoms with E-state index in [0.29, 0.717) is 52.0 Å². The summed E-state index contributed by atoms with van der Waals surface area (Å²) in [4.78, 5) is 48.8. The van der Waals surface area contributed by atoms with Gasteiger partial charge < -0.3 is 19.9 Å². The molecule has 1 fully saturated rings. The number of amides is 2. The molecule has 0 bridgehead atoms. The van der Waals surface area contributed by atoms with Crippen LogP contribution in [0.3, 0.4) is 0 Å². The molecule has 0 aliphatic carbocycles. The first-order chi connectivity index (χ1) is 22.8. The smallest absolute Gasteiger partial charge is 0.259 e. The van der Waals surface area contributed by atoms with E-state index in [-0.39, 0.29) is 34.5 Å². The van der Waals surface area contributed by atoms with Gasteiger partial charge >= 0.3 is 0 Å². The number of rotatable bonds is 6. The van der Waals surface area contributed by atoms with Crippen LogP contribution in [0.15, 0.2) is 94.7 Å². The molecule has 1 saturated heterocycles. The molecule has 1 aliphatic rings.